The van der Waals surface area contributed by atoms with E-state index in [-0.39, 0.29) is 17.9 Å². The van der Waals surface area contributed by atoms with E-state index in [1.807, 2.05) is 0 Å². The maximum absolute atomic E-state index is 12.1. The molecule has 2 rings (SSSR count). The first-order valence-electron chi connectivity index (χ1n) is 4.63. The predicted octanol–water partition coefficient (Wildman–Crippen LogP) is 2.35. The van der Waals surface area contributed by atoms with Crippen LogP contribution < -0.4 is 0 Å². The van der Waals surface area contributed by atoms with Crippen molar-refractivity contribution in [2.75, 3.05) is 6.61 Å². The van der Waals surface area contributed by atoms with Crippen molar-refractivity contribution in [2.45, 2.75) is 31.9 Å². The highest BCUT2D eigenvalue weighted by atomic mass is 19.4. The average Bonchev–Trinajstić information content (AvgIpc) is 1.78. The summed E-state index contributed by atoms with van der Waals surface area (Å²) in [4.78, 5) is 0. The van der Waals surface area contributed by atoms with Crippen LogP contribution in [0.1, 0.15) is 25.7 Å². The van der Waals surface area contributed by atoms with E-state index in [4.69, 9.17) is 5.11 Å². The molecule has 2 aliphatic carbocycles. The predicted molar refractivity (Wildman–Crippen MR) is 41.0 cm³/mol. The first-order valence-corrected chi connectivity index (χ1v) is 4.63. The zero-order valence-electron chi connectivity index (χ0n) is 7.27. The Morgan fingerprint density at radius 3 is 2.08 bits per heavy atom. The van der Waals surface area contributed by atoms with Gasteiger partial charge in [0.25, 0.3) is 0 Å². The number of rotatable bonds is 1. The highest BCUT2D eigenvalue weighted by molar-refractivity contribution is 5.04. The first-order chi connectivity index (χ1) is 5.95. The van der Waals surface area contributed by atoms with Gasteiger partial charge < -0.3 is 5.11 Å². The summed E-state index contributed by atoms with van der Waals surface area (Å²) in [5.74, 6) is -0.790. The standard InChI is InChI=1S/C9H13F3O/c10-9(11,12)7-3-8(4-7)1-6(2-8)5-13/h6-7,13H,1-5H2. The fourth-order valence-corrected chi connectivity index (χ4v) is 2.84. The van der Waals surface area contributed by atoms with E-state index in [9.17, 15) is 13.2 Å². The van der Waals surface area contributed by atoms with Crippen LogP contribution in [0.3, 0.4) is 0 Å². The van der Waals surface area contributed by atoms with E-state index < -0.39 is 12.1 Å². The number of aliphatic hydroxyl groups excluding tert-OH is 1. The molecular weight excluding hydrogens is 181 g/mol. The molecule has 0 saturated heterocycles. The molecule has 0 radical (unpaired) electrons. The van der Waals surface area contributed by atoms with Crippen LogP contribution in [-0.4, -0.2) is 17.9 Å². The molecule has 2 saturated carbocycles. The number of alkyl halides is 3. The Balaban J connectivity index is 1.80. The van der Waals surface area contributed by atoms with Gasteiger partial charge in [-0.1, -0.05) is 0 Å². The molecule has 0 atom stereocenters. The molecule has 76 valence electrons. The maximum atomic E-state index is 12.1. The van der Waals surface area contributed by atoms with Crippen LogP contribution >= 0.6 is 0 Å². The molecule has 0 aliphatic heterocycles. The molecule has 1 nitrogen and oxygen atoms in total. The van der Waals surface area contributed by atoms with Gasteiger partial charge in [0.2, 0.25) is 0 Å². The lowest BCUT2D eigenvalue weighted by Gasteiger charge is -2.57. The quantitative estimate of drug-likeness (QED) is 0.679. The number of hydrogen-bond donors (Lipinski definition) is 1. The van der Waals surface area contributed by atoms with Crippen LogP contribution in [0.2, 0.25) is 0 Å². The van der Waals surface area contributed by atoms with E-state index >= 15 is 0 Å². The van der Waals surface area contributed by atoms with Crippen molar-refractivity contribution < 1.29 is 18.3 Å². The second-order valence-electron chi connectivity index (χ2n) is 4.60. The van der Waals surface area contributed by atoms with Gasteiger partial charge in [-0.25, -0.2) is 0 Å². The van der Waals surface area contributed by atoms with Crippen LogP contribution in [0.5, 0.6) is 0 Å². The summed E-state index contributed by atoms with van der Waals surface area (Å²) >= 11 is 0. The molecule has 1 N–H and O–H groups in total. The summed E-state index contributed by atoms with van der Waals surface area (Å²) in [6.45, 7) is 0.137. The van der Waals surface area contributed by atoms with Crippen LogP contribution in [0.15, 0.2) is 0 Å². The molecule has 0 heterocycles. The molecule has 0 aromatic heterocycles. The SMILES string of the molecule is OCC1CC2(C1)CC(C(F)(F)F)C2. The lowest BCUT2D eigenvalue weighted by molar-refractivity contribution is -0.241. The third-order valence-corrected chi connectivity index (χ3v) is 3.52. The van der Waals surface area contributed by atoms with Crippen molar-refractivity contribution in [1.29, 1.82) is 0 Å². The van der Waals surface area contributed by atoms with E-state index in [1.165, 1.54) is 0 Å². The second-order valence-corrected chi connectivity index (χ2v) is 4.60. The third kappa shape index (κ3) is 1.45. The van der Waals surface area contributed by atoms with Crippen LogP contribution in [0.25, 0.3) is 0 Å². The van der Waals surface area contributed by atoms with E-state index in [1.54, 1.807) is 0 Å². The molecule has 2 fully saturated rings. The van der Waals surface area contributed by atoms with E-state index in [0.717, 1.165) is 12.8 Å². The molecule has 0 aromatic carbocycles. The minimum absolute atomic E-state index is 0.0341. The lowest BCUT2D eigenvalue weighted by Crippen LogP contribution is -2.52. The first kappa shape index (κ1) is 9.31. The van der Waals surface area contributed by atoms with E-state index in [2.05, 4.69) is 0 Å². The summed E-state index contributed by atoms with van der Waals surface area (Å²) in [5, 5.41) is 8.74. The van der Waals surface area contributed by atoms with Gasteiger partial charge in [-0.15, -0.1) is 0 Å². The van der Waals surface area contributed by atoms with Gasteiger partial charge in [-0.3, -0.25) is 0 Å². The van der Waals surface area contributed by atoms with Crippen molar-refractivity contribution in [3.05, 3.63) is 0 Å². The third-order valence-electron chi connectivity index (χ3n) is 3.52. The Hall–Kier alpha value is -0.250. The van der Waals surface area contributed by atoms with Crippen molar-refractivity contribution >= 4 is 0 Å². The van der Waals surface area contributed by atoms with Crippen LogP contribution in [0, 0.1) is 17.3 Å². The van der Waals surface area contributed by atoms with Gasteiger partial charge in [0.05, 0.1) is 5.92 Å². The molecule has 4 heteroatoms. The molecular formula is C9H13F3O. The van der Waals surface area contributed by atoms with Gasteiger partial charge in [-0.2, -0.15) is 13.2 Å². The molecule has 0 aromatic rings. The molecule has 0 bridgehead atoms. The average molecular weight is 194 g/mol. The fourth-order valence-electron chi connectivity index (χ4n) is 2.84. The smallest absolute Gasteiger partial charge is 0.391 e. The Labute approximate surface area is 74.9 Å². The number of halogens is 3. The normalized spacial score (nSPS) is 44.3. The minimum Gasteiger partial charge on any atom is -0.396 e. The Morgan fingerprint density at radius 2 is 1.69 bits per heavy atom. The van der Waals surface area contributed by atoms with Gasteiger partial charge in [-0.05, 0) is 37.0 Å². The number of aliphatic hydroxyl groups is 1. The molecule has 0 unspecified atom stereocenters. The van der Waals surface area contributed by atoms with Crippen LogP contribution in [-0.2, 0) is 0 Å². The molecule has 0 amide bonds. The van der Waals surface area contributed by atoms with Gasteiger partial charge >= 0.3 is 6.18 Å². The fraction of sp³-hybridized carbons (Fsp3) is 1.00. The largest absolute Gasteiger partial charge is 0.396 e. The maximum Gasteiger partial charge on any atom is 0.391 e. The number of hydrogen-bond acceptors (Lipinski definition) is 1. The summed E-state index contributed by atoms with van der Waals surface area (Å²) in [6, 6.07) is 0. The lowest BCUT2D eigenvalue weighted by atomic mass is 9.48. The van der Waals surface area contributed by atoms with Crippen molar-refractivity contribution in [3.63, 3.8) is 0 Å². The molecule has 1 spiro atoms. The minimum atomic E-state index is -3.99. The van der Waals surface area contributed by atoms with Crippen LogP contribution in [0.4, 0.5) is 13.2 Å². The van der Waals surface area contributed by atoms with Crippen molar-refractivity contribution in [3.8, 4) is 0 Å². The van der Waals surface area contributed by atoms with E-state index in [0.29, 0.717) is 12.8 Å². The van der Waals surface area contributed by atoms with Gasteiger partial charge in [0, 0.05) is 6.61 Å². The molecule has 2 aliphatic rings. The highest BCUT2D eigenvalue weighted by Gasteiger charge is 2.59. The topological polar surface area (TPSA) is 20.2 Å². The zero-order valence-corrected chi connectivity index (χ0v) is 7.27. The summed E-state index contributed by atoms with van der Waals surface area (Å²) in [7, 11) is 0. The van der Waals surface area contributed by atoms with Crippen molar-refractivity contribution in [1.82, 2.24) is 0 Å². The Morgan fingerprint density at radius 1 is 1.15 bits per heavy atom. The monoisotopic (exact) mass is 194 g/mol. The summed E-state index contributed by atoms with van der Waals surface area (Å²) in [6.07, 6.45) is -1.79. The second kappa shape index (κ2) is 2.62. The van der Waals surface area contributed by atoms with Gasteiger partial charge in [0.1, 0.15) is 0 Å². The van der Waals surface area contributed by atoms with Gasteiger partial charge in [0.15, 0.2) is 0 Å². The molecule has 13 heavy (non-hydrogen) atoms. The van der Waals surface area contributed by atoms with Crippen molar-refractivity contribution in [2.24, 2.45) is 17.3 Å². The highest BCUT2D eigenvalue weighted by Crippen LogP contribution is 2.64. The Kier molecular flexibility index (Phi) is 1.88. The zero-order chi connectivity index (χ0) is 9.69. The Bertz CT molecular complexity index is 197. The summed E-state index contributed by atoms with van der Waals surface area (Å²) in [5.41, 5.74) is -0.0341. The summed E-state index contributed by atoms with van der Waals surface area (Å²) < 4.78 is 36.4.